The molecule has 0 amide bonds. The number of fused-ring (bicyclic) bond motifs is 1. The fourth-order valence-electron chi connectivity index (χ4n) is 4.86. The molecule has 0 radical (unpaired) electrons. The summed E-state index contributed by atoms with van der Waals surface area (Å²) in [5, 5.41) is 0. The summed E-state index contributed by atoms with van der Waals surface area (Å²) in [6.45, 7) is 5.29. The van der Waals surface area contributed by atoms with Gasteiger partial charge >= 0.3 is 5.97 Å². The molecule has 6 heteroatoms. The summed E-state index contributed by atoms with van der Waals surface area (Å²) in [6, 6.07) is 29.5. The van der Waals surface area contributed by atoms with Crippen LogP contribution < -0.4 is 0 Å². The molecule has 6 nitrogen and oxygen atoms in total. The predicted molar refractivity (Wildman–Crippen MR) is 131 cm³/mol. The van der Waals surface area contributed by atoms with Crippen LogP contribution >= 0.6 is 0 Å². The van der Waals surface area contributed by atoms with Gasteiger partial charge in [-0.15, -0.1) is 0 Å². The quantitative estimate of drug-likeness (QED) is 0.439. The number of hydrogen-bond donors (Lipinski definition) is 0. The predicted octanol–water partition coefficient (Wildman–Crippen LogP) is 4.79. The summed E-state index contributed by atoms with van der Waals surface area (Å²) >= 11 is 0. The maximum Gasteiger partial charge on any atom is 0.338 e. The van der Waals surface area contributed by atoms with Gasteiger partial charge in [-0.1, -0.05) is 78.9 Å². The topological polar surface area (TPSA) is 57.2 Å². The molecular formula is C29H31NO5. The lowest BCUT2D eigenvalue weighted by atomic mass is 10.0. The minimum absolute atomic E-state index is 0.110. The van der Waals surface area contributed by atoms with Crippen LogP contribution in [0.1, 0.15) is 35.3 Å². The molecule has 2 aliphatic rings. The van der Waals surface area contributed by atoms with E-state index in [0.717, 1.165) is 0 Å². The highest BCUT2D eigenvalue weighted by Gasteiger charge is 2.56. The van der Waals surface area contributed by atoms with Gasteiger partial charge in [0.25, 0.3) is 0 Å². The zero-order chi connectivity index (χ0) is 24.3. The van der Waals surface area contributed by atoms with Crippen LogP contribution in [0.5, 0.6) is 0 Å². The van der Waals surface area contributed by atoms with Crippen LogP contribution in [0, 0.1) is 0 Å². The lowest BCUT2D eigenvalue weighted by Crippen LogP contribution is -2.49. The number of benzene rings is 3. The first-order valence-corrected chi connectivity index (χ1v) is 12.0. The summed E-state index contributed by atoms with van der Waals surface area (Å²) in [7, 11) is 0. The molecule has 35 heavy (non-hydrogen) atoms. The van der Waals surface area contributed by atoms with Gasteiger partial charge in [-0.3, -0.25) is 4.90 Å². The van der Waals surface area contributed by atoms with Crippen molar-refractivity contribution in [2.75, 3.05) is 6.61 Å². The first kappa shape index (κ1) is 23.7. The first-order chi connectivity index (χ1) is 17.0. The molecule has 2 heterocycles. The lowest BCUT2D eigenvalue weighted by molar-refractivity contribution is -0.215. The van der Waals surface area contributed by atoms with E-state index in [2.05, 4.69) is 29.2 Å². The molecule has 3 aromatic carbocycles. The van der Waals surface area contributed by atoms with E-state index in [1.807, 2.05) is 68.4 Å². The molecule has 0 bridgehead atoms. The van der Waals surface area contributed by atoms with E-state index < -0.39 is 18.2 Å². The third-order valence-electron chi connectivity index (χ3n) is 6.38. The highest BCUT2D eigenvalue weighted by Crippen LogP contribution is 2.40. The molecule has 3 aromatic rings. The van der Waals surface area contributed by atoms with E-state index in [0.29, 0.717) is 18.7 Å². The molecule has 0 aliphatic carbocycles. The maximum absolute atomic E-state index is 12.7. The smallest absolute Gasteiger partial charge is 0.338 e. The number of ether oxygens (including phenoxy) is 4. The normalized spacial score (nSPS) is 24.9. The molecular weight excluding hydrogens is 442 g/mol. The number of carbonyl (C=O) groups excluding carboxylic acids is 1. The second kappa shape index (κ2) is 10.3. The van der Waals surface area contributed by atoms with Crippen LogP contribution in [0.2, 0.25) is 0 Å². The van der Waals surface area contributed by atoms with Crippen LogP contribution in [0.4, 0.5) is 0 Å². The highest BCUT2D eigenvalue weighted by molar-refractivity contribution is 5.89. The van der Waals surface area contributed by atoms with Crippen molar-refractivity contribution >= 4 is 5.97 Å². The molecule has 4 unspecified atom stereocenters. The van der Waals surface area contributed by atoms with Crippen molar-refractivity contribution in [3.05, 3.63) is 108 Å². The van der Waals surface area contributed by atoms with Gasteiger partial charge in [0, 0.05) is 13.1 Å². The van der Waals surface area contributed by atoms with Gasteiger partial charge in [-0.25, -0.2) is 4.79 Å². The van der Waals surface area contributed by atoms with Crippen molar-refractivity contribution in [3.63, 3.8) is 0 Å². The van der Waals surface area contributed by atoms with Gasteiger partial charge in [0.05, 0.1) is 11.6 Å². The molecule has 4 atom stereocenters. The molecule has 182 valence electrons. The lowest BCUT2D eigenvalue weighted by Gasteiger charge is -2.35. The average Bonchev–Trinajstić information content (AvgIpc) is 3.34. The number of carbonyl (C=O) groups is 1. The molecule has 0 spiro atoms. The van der Waals surface area contributed by atoms with Gasteiger partial charge in [-0.2, -0.15) is 0 Å². The zero-order valence-electron chi connectivity index (χ0n) is 20.1. The molecule has 5 rings (SSSR count). The van der Waals surface area contributed by atoms with Gasteiger partial charge in [0.15, 0.2) is 12.1 Å². The molecule has 2 saturated heterocycles. The maximum atomic E-state index is 12.7. The monoisotopic (exact) mass is 473 g/mol. The van der Waals surface area contributed by atoms with E-state index in [4.69, 9.17) is 18.9 Å². The second-order valence-corrected chi connectivity index (χ2v) is 9.47. The van der Waals surface area contributed by atoms with Gasteiger partial charge in [0.1, 0.15) is 18.8 Å². The molecule has 2 fully saturated rings. The van der Waals surface area contributed by atoms with Crippen LogP contribution in [-0.2, 0) is 32.0 Å². The Kier molecular flexibility index (Phi) is 6.97. The van der Waals surface area contributed by atoms with Crippen molar-refractivity contribution in [1.29, 1.82) is 0 Å². The molecule has 2 aliphatic heterocycles. The number of esters is 1. The van der Waals surface area contributed by atoms with Gasteiger partial charge in [0.2, 0.25) is 0 Å². The van der Waals surface area contributed by atoms with Crippen molar-refractivity contribution in [2.24, 2.45) is 0 Å². The highest BCUT2D eigenvalue weighted by atomic mass is 16.8. The summed E-state index contributed by atoms with van der Waals surface area (Å²) in [4.78, 5) is 15.0. The summed E-state index contributed by atoms with van der Waals surface area (Å²) in [6.07, 6.45) is -1.23. The third-order valence-corrected chi connectivity index (χ3v) is 6.38. The van der Waals surface area contributed by atoms with Crippen LogP contribution in [0.3, 0.4) is 0 Å². The average molecular weight is 474 g/mol. The van der Waals surface area contributed by atoms with Crippen LogP contribution in [-0.4, -0.2) is 47.8 Å². The summed E-state index contributed by atoms with van der Waals surface area (Å²) < 4.78 is 24.4. The SMILES string of the molecule is CC1(C)OC2OC(COC(=O)c3ccccc3)C(N(Cc3ccccc3)Cc3ccccc3)C2O1. The van der Waals surface area contributed by atoms with Crippen LogP contribution in [0.15, 0.2) is 91.0 Å². The Balaban J connectivity index is 1.41. The Hall–Kier alpha value is -3.03. The number of hydrogen-bond acceptors (Lipinski definition) is 6. The standard InChI is InChI=1S/C29H31NO5/c1-29(2)34-26-25(24(33-28(26)35-29)20-32-27(31)23-16-10-5-11-17-23)30(18-21-12-6-3-7-13-21)19-22-14-8-4-9-15-22/h3-17,24-26,28H,18-20H2,1-2H3. The molecule has 0 aromatic heterocycles. The third kappa shape index (κ3) is 5.63. The van der Waals surface area contributed by atoms with Crippen molar-refractivity contribution < 1.29 is 23.7 Å². The minimum atomic E-state index is -0.746. The fraction of sp³-hybridized carbons (Fsp3) is 0.345. The summed E-state index contributed by atoms with van der Waals surface area (Å²) in [5.41, 5.74) is 2.89. The first-order valence-electron chi connectivity index (χ1n) is 12.0. The Labute approximate surface area is 206 Å². The molecule has 0 saturated carbocycles. The van der Waals surface area contributed by atoms with Crippen molar-refractivity contribution in [3.8, 4) is 0 Å². The fourth-order valence-corrected chi connectivity index (χ4v) is 4.86. The Morgan fingerprint density at radius 1 is 0.829 bits per heavy atom. The Morgan fingerprint density at radius 2 is 1.37 bits per heavy atom. The molecule has 0 N–H and O–H groups in total. The van der Waals surface area contributed by atoms with Gasteiger partial charge in [-0.05, 0) is 37.1 Å². The zero-order valence-corrected chi connectivity index (χ0v) is 20.1. The van der Waals surface area contributed by atoms with E-state index in [1.165, 1.54) is 11.1 Å². The second-order valence-electron chi connectivity index (χ2n) is 9.47. The van der Waals surface area contributed by atoms with E-state index in [1.54, 1.807) is 12.1 Å². The van der Waals surface area contributed by atoms with Crippen molar-refractivity contribution in [2.45, 2.75) is 57.3 Å². The summed E-state index contributed by atoms with van der Waals surface area (Å²) in [5.74, 6) is -1.12. The van der Waals surface area contributed by atoms with Gasteiger partial charge < -0.3 is 18.9 Å². The Bertz CT molecular complexity index is 1060. The largest absolute Gasteiger partial charge is 0.459 e. The minimum Gasteiger partial charge on any atom is -0.459 e. The van der Waals surface area contributed by atoms with E-state index >= 15 is 0 Å². The van der Waals surface area contributed by atoms with E-state index in [-0.39, 0.29) is 24.7 Å². The van der Waals surface area contributed by atoms with Crippen LogP contribution in [0.25, 0.3) is 0 Å². The van der Waals surface area contributed by atoms with E-state index in [9.17, 15) is 4.79 Å². The Morgan fingerprint density at radius 3 is 1.94 bits per heavy atom. The number of nitrogens with zero attached hydrogens (tertiary/aromatic N) is 1. The van der Waals surface area contributed by atoms with Crippen molar-refractivity contribution in [1.82, 2.24) is 4.90 Å². The number of rotatable bonds is 8.